The maximum absolute atomic E-state index is 5.56. The molecule has 100 valence electrons. The lowest BCUT2D eigenvalue weighted by molar-refractivity contribution is 0.557. The van der Waals surface area contributed by atoms with Gasteiger partial charge >= 0.3 is 0 Å². The molecule has 1 fully saturated rings. The van der Waals surface area contributed by atoms with Crippen molar-refractivity contribution in [2.75, 3.05) is 5.43 Å². The van der Waals surface area contributed by atoms with Crippen molar-refractivity contribution >= 4 is 5.82 Å². The van der Waals surface area contributed by atoms with Crippen LogP contribution in [0.3, 0.4) is 0 Å². The van der Waals surface area contributed by atoms with E-state index in [9.17, 15) is 0 Å². The van der Waals surface area contributed by atoms with Crippen molar-refractivity contribution in [1.29, 1.82) is 0 Å². The summed E-state index contributed by atoms with van der Waals surface area (Å²) in [6, 6.07) is 0. The molecule has 4 heteroatoms. The molecular formula is C14H24N4. The molecule has 18 heavy (non-hydrogen) atoms. The van der Waals surface area contributed by atoms with Gasteiger partial charge in [0.2, 0.25) is 0 Å². The van der Waals surface area contributed by atoms with Crippen LogP contribution in [-0.4, -0.2) is 9.97 Å². The summed E-state index contributed by atoms with van der Waals surface area (Å²) in [5.41, 5.74) is 4.92. The Hall–Kier alpha value is -1.16. The fraction of sp³-hybridized carbons (Fsp3) is 0.714. The van der Waals surface area contributed by atoms with Gasteiger partial charge in [-0.1, -0.05) is 32.6 Å². The lowest BCUT2D eigenvalue weighted by Gasteiger charge is -2.16. The van der Waals surface area contributed by atoms with Crippen molar-refractivity contribution in [3.8, 4) is 0 Å². The summed E-state index contributed by atoms with van der Waals surface area (Å²) < 4.78 is 0. The maximum Gasteiger partial charge on any atom is 0.146 e. The number of aromatic nitrogens is 2. The standard InChI is InChI=1S/C14H24N4/c1-3-12-10(2)13(18-15)17-14(16-12)11-8-6-4-5-7-9-11/h11H,3-9,15H2,1-2H3,(H,16,17,18). The molecule has 0 saturated heterocycles. The van der Waals surface area contributed by atoms with Crippen LogP contribution in [0.2, 0.25) is 0 Å². The van der Waals surface area contributed by atoms with Gasteiger partial charge in [0.25, 0.3) is 0 Å². The molecule has 0 aromatic carbocycles. The van der Waals surface area contributed by atoms with Gasteiger partial charge in [0.15, 0.2) is 0 Å². The number of nitrogens with one attached hydrogen (secondary N) is 1. The number of nitrogen functional groups attached to an aromatic ring is 1. The van der Waals surface area contributed by atoms with Crippen LogP contribution in [0.25, 0.3) is 0 Å². The molecule has 4 nitrogen and oxygen atoms in total. The average Bonchev–Trinajstić information content (AvgIpc) is 2.68. The van der Waals surface area contributed by atoms with E-state index >= 15 is 0 Å². The minimum atomic E-state index is 0.519. The highest BCUT2D eigenvalue weighted by molar-refractivity contribution is 5.45. The van der Waals surface area contributed by atoms with Crippen LogP contribution >= 0.6 is 0 Å². The highest BCUT2D eigenvalue weighted by Crippen LogP contribution is 2.31. The molecule has 1 aliphatic carbocycles. The highest BCUT2D eigenvalue weighted by Gasteiger charge is 2.19. The Bertz CT molecular complexity index is 370. The van der Waals surface area contributed by atoms with Gasteiger partial charge in [-0.05, 0) is 26.2 Å². The third kappa shape index (κ3) is 2.80. The quantitative estimate of drug-likeness (QED) is 0.490. The van der Waals surface area contributed by atoms with E-state index in [1.807, 2.05) is 6.92 Å². The van der Waals surface area contributed by atoms with Crippen LogP contribution in [0.1, 0.15) is 68.4 Å². The summed E-state index contributed by atoms with van der Waals surface area (Å²) in [5.74, 6) is 7.87. The fourth-order valence-corrected chi connectivity index (χ4v) is 2.79. The summed E-state index contributed by atoms with van der Waals surface area (Å²) in [7, 11) is 0. The minimum absolute atomic E-state index is 0.519. The SMILES string of the molecule is CCc1nc(C2CCCCCC2)nc(NN)c1C. The molecule has 0 radical (unpaired) electrons. The molecule has 0 atom stereocenters. The topological polar surface area (TPSA) is 63.8 Å². The number of hydrogen-bond donors (Lipinski definition) is 2. The molecule has 0 bridgehead atoms. The summed E-state index contributed by atoms with van der Waals surface area (Å²) >= 11 is 0. The number of rotatable bonds is 3. The van der Waals surface area contributed by atoms with Gasteiger partial charge in [-0.25, -0.2) is 15.8 Å². The molecular weight excluding hydrogens is 224 g/mol. The average molecular weight is 248 g/mol. The molecule has 3 N–H and O–H groups in total. The molecule has 1 aromatic rings. The van der Waals surface area contributed by atoms with Crippen molar-refractivity contribution in [3.05, 3.63) is 17.1 Å². The summed E-state index contributed by atoms with van der Waals surface area (Å²) in [6.45, 7) is 4.16. The number of hydrazine groups is 1. The van der Waals surface area contributed by atoms with E-state index in [1.165, 1.54) is 38.5 Å². The summed E-state index contributed by atoms with van der Waals surface area (Å²) in [6.07, 6.45) is 8.68. The van der Waals surface area contributed by atoms with E-state index in [-0.39, 0.29) is 0 Å². The first-order chi connectivity index (χ1) is 8.76. The second kappa shape index (κ2) is 6.14. The normalized spacial score (nSPS) is 17.5. The number of anilines is 1. The number of nitrogens with zero attached hydrogens (tertiary/aromatic N) is 2. The number of nitrogens with two attached hydrogens (primary N) is 1. The zero-order valence-electron chi connectivity index (χ0n) is 11.5. The predicted octanol–water partition coefficient (Wildman–Crippen LogP) is 3.07. The lowest BCUT2D eigenvalue weighted by Crippen LogP contribution is -2.16. The van der Waals surface area contributed by atoms with Crippen molar-refractivity contribution in [1.82, 2.24) is 9.97 Å². The number of hydrogen-bond acceptors (Lipinski definition) is 4. The molecule has 1 aliphatic rings. The van der Waals surface area contributed by atoms with Gasteiger partial charge in [0.05, 0.1) is 0 Å². The van der Waals surface area contributed by atoms with Crippen molar-refractivity contribution in [2.45, 2.75) is 64.7 Å². The van der Waals surface area contributed by atoms with Crippen LogP contribution < -0.4 is 11.3 Å². The van der Waals surface area contributed by atoms with Crippen LogP contribution in [0, 0.1) is 6.92 Å². The van der Waals surface area contributed by atoms with Crippen molar-refractivity contribution in [3.63, 3.8) is 0 Å². The van der Waals surface area contributed by atoms with Gasteiger partial charge in [0.1, 0.15) is 11.6 Å². The van der Waals surface area contributed by atoms with E-state index in [4.69, 9.17) is 10.8 Å². The predicted molar refractivity (Wildman–Crippen MR) is 74.4 cm³/mol. The zero-order valence-corrected chi connectivity index (χ0v) is 11.5. The maximum atomic E-state index is 5.56. The monoisotopic (exact) mass is 248 g/mol. The van der Waals surface area contributed by atoms with Crippen LogP contribution in [0.15, 0.2) is 0 Å². The van der Waals surface area contributed by atoms with Crippen LogP contribution in [0.5, 0.6) is 0 Å². The molecule has 2 rings (SSSR count). The van der Waals surface area contributed by atoms with Gasteiger partial charge in [-0.15, -0.1) is 0 Å². The fourth-order valence-electron chi connectivity index (χ4n) is 2.79. The van der Waals surface area contributed by atoms with Gasteiger partial charge in [-0.2, -0.15) is 0 Å². The third-order valence-corrected chi connectivity index (χ3v) is 3.96. The van der Waals surface area contributed by atoms with E-state index in [0.29, 0.717) is 5.92 Å². The van der Waals surface area contributed by atoms with E-state index in [1.54, 1.807) is 0 Å². The Morgan fingerprint density at radius 2 is 1.83 bits per heavy atom. The smallest absolute Gasteiger partial charge is 0.146 e. The Balaban J connectivity index is 2.31. The summed E-state index contributed by atoms with van der Waals surface area (Å²) in [5, 5.41) is 0. The molecule has 0 unspecified atom stereocenters. The zero-order chi connectivity index (χ0) is 13.0. The lowest BCUT2D eigenvalue weighted by atomic mass is 9.99. The Morgan fingerprint density at radius 1 is 1.17 bits per heavy atom. The van der Waals surface area contributed by atoms with E-state index < -0.39 is 0 Å². The Labute approximate surface area is 109 Å². The molecule has 0 aliphatic heterocycles. The first-order valence-electron chi connectivity index (χ1n) is 7.10. The largest absolute Gasteiger partial charge is 0.308 e. The minimum Gasteiger partial charge on any atom is -0.308 e. The Morgan fingerprint density at radius 3 is 2.39 bits per heavy atom. The van der Waals surface area contributed by atoms with Gasteiger partial charge < -0.3 is 5.43 Å². The van der Waals surface area contributed by atoms with E-state index in [0.717, 1.165) is 29.3 Å². The highest BCUT2D eigenvalue weighted by atomic mass is 15.3. The van der Waals surface area contributed by atoms with Gasteiger partial charge in [-0.3, -0.25) is 0 Å². The Kier molecular flexibility index (Phi) is 4.53. The second-order valence-corrected chi connectivity index (χ2v) is 5.19. The van der Waals surface area contributed by atoms with Crippen LogP contribution in [-0.2, 0) is 6.42 Å². The van der Waals surface area contributed by atoms with Crippen molar-refractivity contribution < 1.29 is 0 Å². The van der Waals surface area contributed by atoms with Gasteiger partial charge in [0, 0.05) is 17.2 Å². The molecule has 1 saturated carbocycles. The molecule has 1 aromatic heterocycles. The second-order valence-electron chi connectivity index (χ2n) is 5.19. The number of aryl methyl sites for hydroxylation is 1. The first kappa shape index (κ1) is 13.3. The first-order valence-corrected chi connectivity index (χ1v) is 7.10. The summed E-state index contributed by atoms with van der Waals surface area (Å²) in [4.78, 5) is 9.38. The molecule has 1 heterocycles. The van der Waals surface area contributed by atoms with E-state index in [2.05, 4.69) is 17.3 Å². The molecule has 0 spiro atoms. The molecule has 0 amide bonds. The third-order valence-electron chi connectivity index (χ3n) is 3.96. The van der Waals surface area contributed by atoms with Crippen LogP contribution in [0.4, 0.5) is 5.82 Å². The van der Waals surface area contributed by atoms with Crippen molar-refractivity contribution in [2.24, 2.45) is 5.84 Å².